The van der Waals surface area contributed by atoms with Gasteiger partial charge in [-0.15, -0.1) is 17.7 Å². The van der Waals surface area contributed by atoms with Gasteiger partial charge < -0.3 is 0 Å². The summed E-state index contributed by atoms with van der Waals surface area (Å²) in [5.74, 6) is 1.88. The van der Waals surface area contributed by atoms with Gasteiger partial charge in [-0.2, -0.15) is 42.5 Å². The van der Waals surface area contributed by atoms with Gasteiger partial charge in [0.2, 0.25) is 0 Å². The molecule has 4 heteroatoms. The van der Waals surface area contributed by atoms with Gasteiger partial charge in [0.15, 0.2) is 17.5 Å². The number of hydrogen-bond donors (Lipinski definition) is 0. The minimum Gasteiger partial charge on any atom is -0.226 e. The van der Waals surface area contributed by atoms with E-state index in [9.17, 15) is 0 Å². The average molecular weight is 850 g/mol. The first-order chi connectivity index (χ1) is 23.8. The smallest absolute Gasteiger partial charge is 0.226 e. The van der Waals surface area contributed by atoms with Gasteiger partial charge in [0, 0.05) is 16.7 Å². The molecular weight excluding hydrogens is 821 g/mol. The number of rotatable bonds is 7. The van der Waals surface area contributed by atoms with E-state index in [2.05, 4.69) is 152 Å². The first-order valence-corrected chi connectivity index (χ1v) is 15.9. The molecule has 0 aliphatic carbocycles. The first kappa shape index (κ1) is 32.2. The van der Waals surface area contributed by atoms with E-state index in [1.165, 1.54) is 11.1 Å². The van der Waals surface area contributed by atoms with E-state index in [0.717, 1.165) is 50.1 Å². The summed E-state index contributed by atoms with van der Waals surface area (Å²) in [6, 6.07) is 66.8. The van der Waals surface area contributed by atoms with E-state index < -0.39 is 0 Å². The molecule has 49 heavy (non-hydrogen) atoms. The van der Waals surface area contributed by atoms with Crippen LogP contribution in [0.1, 0.15) is 0 Å². The second kappa shape index (κ2) is 14.8. The Morgan fingerprint density at radius 3 is 1.27 bits per heavy atom. The van der Waals surface area contributed by atoms with Crippen LogP contribution >= 0.6 is 0 Å². The second-order valence-electron chi connectivity index (χ2n) is 11.5. The minimum atomic E-state index is 0. The maximum atomic E-state index is 5.03. The van der Waals surface area contributed by atoms with Crippen molar-refractivity contribution in [1.82, 2.24) is 15.0 Å². The average Bonchev–Trinajstić information content (AvgIpc) is 3.19. The molecule has 0 bridgehead atoms. The van der Waals surface area contributed by atoms with E-state index in [1.807, 2.05) is 36.4 Å². The number of nitrogens with zero attached hydrogens (tertiary/aromatic N) is 3. The van der Waals surface area contributed by atoms with Crippen LogP contribution in [0.2, 0.25) is 0 Å². The molecule has 1 aromatic heterocycles. The molecule has 0 aliphatic rings. The van der Waals surface area contributed by atoms with Crippen molar-refractivity contribution in [3.05, 3.63) is 188 Å². The molecule has 228 valence electrons. The Morgan fingerprint density at radius 2 is 0.714 bits per heavy atom. The Balaban J connectivity index is 0.00000378. The largest absolute Gasteiger partial charge is 2.00 e. The van der Waals surface area contributed by atoms with E-state index in [-0.39, 0.29) is 31.1 Å². The van der Waals surface area contributed by atoms with Crippen LogP contribution in [-0.4, -0.2) is 15.0 Å². The van der Waals surface area contributed by atoms with Gasteiger partial charge in [-0.1, -0.05) is 127 Å². The molecule has 1 heterocycles. The fourth-order valence-corrected chi connectivity index (χ4v) is 5.85. The Kier molecular flexibility index (Phi) is 9.71. The standard InChI is InChI=1S/C45H29N3.U/c1-4-12-32(13-5-1)35-22-26-37(27-23-35)43-46-44(38-28-24-36(25-29-38)33-14-6-2-7-15-33)48-45(47-43)42-21-11-20-41(31-42)40-19-10-18-39(30-40)34-16-8-3-9-17-34;/h1-16,19-31H;/q-2;+2. The number of hydrogen-bond acceptors (Lipinski definition) is 3. The molecule has 8 rings (SSSR count). The van der Waals surface area contributed by atoms with Gasteiger partial charge in [-0.25, -0.2) is 26.1 Å². The van der Waals surface area contributed by atoms with Crippen molar-refractivity contribution >= 4 is 0 Å². The van der Waals surface area contributed by atoms with E-state index in [0.29, 0.717) is 17.5 Å². The monoisotopic (exact) mass is 849 g/mol. The predicted octanol–water partition coefficient (Wildman–Crippen LogP) is 11.1. The first-order valence-electron chi connectivity index (χ1n) is 15.9. The molecule has 3 nitrogen and oxygen atoms in total. The molecule has 0 aliphatic heterocycles. The topological polar surface area (TPSA) is 38.7 Å². The van der Waals surface area contributed by atoms with Crippen molar-refractivity contribution < 1.29 is 31.1 Å². The van der Waals surface area contributed by atoms with E-state index in [4.69, 9.17) is 15.0 Å². The molecular formula is C45H29N3U. The SMILES string of the molecule is [U+2].[c-]1ccccc1-c1[c-]ccc(-c2cccc(-c3nc(-c4ccc(-c5ccccc5)cc4)nc(-c4ccc(-c5ccccc5)cc4)n3)c2)c1. The van der Waals surface area contributed by atoms with Crippen LogP contribution in [0, 0.1) is 43.2 Å². The fraction of sp³-hybridized carbons (Fsp3) is 0. The van der Waals surface area contributed by atoms with Crippen LogP contribution in [-0.2, 0) is 0 Å². The van der Waals surface area contributed by atoms with Crippen molar-refractivity contribution in [3.63, 3.8) is 0 Å². The molecule has 0 saturated heterocycles. The van der Waals surface area contributed by atoms with Gasteiger partial charge in [-0.3, -0.25) is 0 Å². The third kappa shape index (κ3) is 7.22. The molecule has 7 aromatic carbocycles. The third-order valence-corrected chi connectivity index (χ3v) is 8.39. The van der Waals surface area contributed by atoms with Crippen molar-refractivity contribution in [2.45, 2.75) is 0 Å². The summed E-state index contributed by atoms with van der Waals surface area (Å²) in [5.41, 5.74) is 11.6. The van der Waals surface area contributed by atoms with Gasteiger partial charge >= 0.3 is 31.1 Å². The summed E-state index contributed by atoms with van der Waals surface area (Å²) in [6.07, 6.45) is 0. The van der Waals surface area contributed by atoms with Gasteiger partial charge in [-0.05, 0) is 33.9 Å². The van der Waals surface area contributed by atoms with Crippen LogP contribution in [0.15, 0.2) is 176 Å². The Labute approximate surface area is 310 Å². The molecule has 0 radical (unpaired) electrons. The van der Waals surface area contributed by atoms with Crippen molar-refractivity contribution in [2.75, 3.05) is 0 Å². The second-order valence-corrected chi connectivity index (χ2v) is 11.5. The zero-order valence-electron chi connectivity index (χ0n) is 26.6. The normalized spacial score (nSPS) is 10.7. The van der Waals surface area contributed by atoms with Gasteiger partial charge in [0.1, 0.15) is 0 Å². The molecule has 0 saturated carbocycles. The summed E-state index contributed by atoms with van der Waals surface area (Å²) in [7, 11) is 0. The third-order valence-electron chi connectivity index (χ3n) is 8.39. The van der Waals surface area contributed by atoms with Crippen LogP contribution in [0.5, 0.6) is 0 Å². The van der Waals surface area contributed by atoms with E-state index in [1.54, 1.807) is 0 Å². The van der Waals surface area contributed by atoms with Crippen LogP contribution in [0.3, 0.4) is 0 Å². The Hall–Kier alpha value is -5.40. The maximum absolute atomic E-state index is 5.03. The summed E-state index contributed by atoms with van der Waals surface area (Å²) in [6.45, 7) is 0. The molecule has 0 N–H and O–H groups in total. The summed E-state index contributed by atoms with van der Waals surface area (Å²) >= 11 is 0. The fourth-order valence-electron chi connectivity index (χ4n) is 5.85. The number of benzene rings is 7. The molecule has 0 spiro atoms. The van der Waals surface area contributed by atoms with Gasteiger partial charge in [0.05, 0.1) is 0 Å². The van der Waals surface area contributed by atoms with Crippen LogP contribution < -0.4 is 0 Å². The predicted molar refractivity (Wildman–Crippen MR) is 196 cm³/mol. The molecule has 8 aromatic rings. The molecule has 0 atom stereocenters. The van der Waals surface area contributed by atoms with Gasteiger partial charge in [0.25, 0.3) is 0 Å². The Morgan fingerprint density at radius 1 is 0.286 bits per heavy atom. The molecule has 0 fully saturated rings. The zero-order chi connectivity index (χ0) is 32.1. The summed E-state index contributed by atoms with van der Waals surface area (Å²) in [4.78, 5) is 15.1. The van der Waals surface area contributed by atoms with Crippen LogP contribution in [0.4, 0.5) is 0 Å². The number of aromatic nitrogens is 3. The zero-order valence-corrected chi connectivity index (χ0v) is 30.7. The molecule has 0 unspecified atom stereocenters. The summed E-state index contributed by atoms with van der Waals surface area (Å²) in [5, 5.41) is 0. The minimum absolute atomic E-state index is 0. The summed E-state index contributed by atoms with van der Waals surface area (Å²) < 4.78 is 0. The maximum Gasteiger partial charge on any atom is 2.00 e. The van der Waals surface area contributed by atoms with Crippen molar-refractivity contribution in [3.8, 4) is 78.7 Å². The Bertz CT molecular complexity index is 2200. The van der Waals surface area contributed by atoms with Crippen molar-refractivity contribution in [1.29, 1.82) is 0 Å². The molecule has 0 amide bonds. The van der Waals surface area contributed by atoms with Crippen LogP contribution in [0.25, 0.3) is 78.7 Å². The quantitative estimate of drug-likeness (QED) is 0.150. The van der Waals surface area contributed by atoms with Crippen molar-refractivity contribution in [2.24, 2.45) is 0 Å². The van der Waals surface area contributed by atoms with E-state index >= 15 is 0 Å².